The number of nitriles is 1. The van der Waals surface area contributed by atoms with Crippen molar-refractivity contribution in [1.29, 1.82) is 5.26 Å². The third-order valence-corrected chi connectivity index (χ3v) is 6.47. The second-order valence-electron chi connectivity index (χ2n) is 5.89. The molecule has 0 amide bonds. The highest BCUT2D eigenvalue weighted by Gasteiger charge is 2.23. The molecule has 0 saturated carbocycles. The Labute approximate surface area is 169 Å². The van der Waals surface area contributed by atoms with Crippen LogP contribution in [0.5, 0.6) is 0 Å². The van der Waals surface area contributed by atoms with Crippen molar-refractivity contribution in [3.8, 4) is 16.6 Å². The largest absolute Gasteiger partial charge is 0.391 e. The standard InChI is InChI=1S/C19H17IN4OS/c1-11-15(9-8-14(10-21)16(11)20)22-17(12(2)25)19-24-23-18(26-19)13-6-4-3-5-7-13/h3-9,12,17,22,25H,1-2H3/t12-,17-/m1/s1. The fourth-order valence-electron chi connectivity index (χ4n) is 2.54. The van der Waals surface area contributed by atoms with Gasteiger partial charge in [-0.25, -0.2) is 0 Å². The normalized spacial score (nSPS) is 13.0. The highest BCUT2D eigenvalue weighted by Crippen LogP contribution is 2.32. The van der Waals surface area contributed by atoms with Gasteiger partial charge in [-0.05, 0) is 54.1 Å². The van der Waals surface area contributed by atoms with E-state index in [2.05, 4.69) is 44.2 Å². The molecule has 0 aliphatic rings. The predicted octanol–water partition coefficient (Wildman–Crippen LogP) is 4.52. The molecule has 0 unspecified atom stereocenters. The number of halogens is 1. The Kier molecular flexibility index (Phi) is 5.86. The molecule has 0 spiro atoms. The van der Waals surface area contributed by atoms with E-state index in [0.29, 0.717) is 5.56 Å². The van der Waals surface area contributed by atoms with Gasteiger partial charge in [-0.2, -0.15) is 5.26 Å². The maximum atomic E-state index is 10.3. The number of nitrogens with zero attached hydrogens (tertiary/aromatic N) is 3. The lowest BCUT2D eigenvalue weighted by Crippen LogP contribution is -2.23. The molecule has 3 aromatic rings. The van der Waals surface area contributed by atoms with Crippen molar-refractivity contribution in [3.63, 3.8) is 0 Å². The van der Waals surface area contributed by atoms with Crippen molar-refractivity contribution in [2.24, 2.45) is 0 Å². The summed E-state index contributed by atoms with van der Waals surface area (Å²) in [5.74, 6) is 0. The minimum atomic E-state index is -0.653. The summed E-state index contributed by atoms with van der Waals surface area (Å²) >= 11 is 3.63. The Morgan fingerprint density at radius 3 is 2.58 bits per heavy atom. The Morgan fingerprint density at radius 1 is 1.19 bits per heavy atom. The Balaban J connectivity index is 1.91. The van der Waals surface area contributed by atoms with Gasteiger partial charge in [0.25, 0.3) is 0 Å². The Morgan fingerprint density at radius 2 is 1.92 bits per heavy atom. The van der Waals surface area contributed by atoms with Gasteiger partial charge in [0.15, 0.2) is 0 Å². The van der Waals surface area contributed by atoms with Gasteiger partial charge in [0.1, 0.15) is 22.1 Å². The summed E-state index contributed by atoms with van der Waals surface area (Å²) in [7, 11) is 0. The van der Waals surface area contributed by atoms with Gasteiger partial charge in [-0.3, -0.25) is 0 Å². The Bertz CT molecular complexity index is 950. The van der Waals surface area contributed by atoms with E-state index in [1.807, 2.05) is 43.3 Å². The van der Waals surface area contributed by atoms with Crippen LogP contribution in [0.4, 0.5) is 5.69 Å². The van der Waals surface area contributed by atoms with E-state index in [0.717, 1.165) is 30.4 Å². The van der Waals surface area contributed by atoms with E-state index in [1.54, 1.807) is 13.0 Å². The van der Waals surface area contributed by atoms with E-state index in [9.17, 15) is 5.11 Å². The summed E-state index contributed by atoms with van der Waals surface area (Å²) in [4.78, 5) is 0. The number of anilines is 1. The zero-order chi connectivity index (χ0) is 18.7. The van der Waals surface area contributed by atoms with Crippen molar-refractivity contribution in [3.05, 3.63) is 62.2 Å². The zero-order valence-electron chi connectivity index (χ0n) is 14.3. The molecule has 26 heavy (non-hydrogen) atoms. The molecule has 132 valence electrons. The van der Waals surface area contributed by atoms with Crippen LogP contribution in [0.1, 0.15) is 29.1 Å². The molecule has 5 nitrogen and oxygen atoms in total. The van der Waals surface area contributed by atoms with E-state index < -0.39 is 6.10 Å². The maximum Gasteiger partial charge on any atom is 0.147 e. The number of benzene rings is 2. The highest BCUT2D eigenvalue weighted by molar-refractivity contribution is 14.1. The molecule has 7 heteroatoms. The van der Waals surface area contributed by atoms with Gasteiger partial charge >= 0.3 is 0 Å². The SMILES string of the molecule is Cc1c(N[C@@H](c2nnc(-c3ccccc3)s2)[C@@H](C)O)ccc(C#N)c1I. The minimum absolute atomic E-state index is 0.382. The van der Waals surface area contributed by atoms with Crippen LogP contribution in [-0.2, 0) is 0 Å². The number of aliphatic hydroxyl groups excluding tert-OH is 1. The first-order valence-corrected chi connectivity index (χ1v) is 9.93. The Hall–Kier alpha value is -2.02. The summed E-state index contributed by atoms with van der Waals surface area (Å²) in [6.07, 6.45) is -0.653. The smallest absolute Gasteiger partial charge is 0.147 e. The molecule has 0 saturated heterocycles. The van der Waals surface area contributed by atoms with E-state index in [4.69, 9.17) is 5.26 Å². The quantitative estimate of drug-likeness (QED) is 0.530. The molecule has 3 rings (SSSR count). The van der Waals surface area contributed by atoms with Crippen molar-refractivity contribution >= 4 is 39.6 Å². The summed E-state index contributed by atoms with van der Waals surface area (Å²) in [6, 6.07) is 15.3. The number of aliphatic hydroxyl groups is 1. The molecule has 2 atom stereocenters. The molecule has 0 aliphatic carbocycles. The number of hydrogen-bond donors (Lipinski definition) is 2. The first-order chi connectivity index (χ1) is 12.5. The van der Waals surface area contributed by atoms with Crippen LogP contribution in [0.2, 0.25) is 0 Å². The van der Waals surface area contributed by atoms with Crippen LogP contribution >= 0.6 is 33.9 Å². The summed E-state index contributed by atoms with van der Waals surface area (Å²) in [5.41, 5.74) is 3.49. The van der Waals surface area contributed by atoms with Gasteiger partial charge in [0.05, 0.1) is 11.7 Å². The second kappa shape index (κ2) is 8.12. The molecule has 2 aromatic carbocycles. The number of hydrogen-bond acceptors (Lipinski definition) is 6. The van der Waals surface area contributed by atoms with Gasteiger partial charge in [-0.1, -0.05) is 41.7 Å². The van der Waals surface area contributed by atoms with Crippen LogP contribution in [0.3, 0.4) is 0 Å². The molecule has 0 fully saturated rings. The molecule has 0 aliphatic heterocycles. The fraction of sp³-hybridized carbons (Fsp3) is 0.211. The fourth-order valence-corrected chi connectivity index (χ4v) is 4.13. The molecule has 1 aromatic heterocycles. The lowest BCUT2D eigenvalue weighted by atomic mass is 10.1. The van der Waals surface area contributed by atoms with E-state index in [-0.39, 0.29) is 6.04 Å². The lowest BCUT2D eigenvalue weighted by Gasteiger charge is -2.22. The zero-order valence-corrected chi connectivity index (χ0v) is 17.2. The summed E-state index contributed by atoms with van der Waals surface area (Å²) < 4.78 is 0.904. The van der Waals surface area contributed by atoms with Gasteiger partial charge in [0, 0.05) is 14.8 Å². The van der Waals surface area contributed by atoms with Gasteiger partial charge < -0.3 is 10.4 Å². The molecular formula is C19H17IN4OS. The van der Waals surface area contributed by atoms with Crippen LogP contribution in [-0.4, -0.2) is 21.4 Å². The molecule has 0 radical (unpaired) electrons. The van der Waals surface area contributed by atoms with Crippen LogP contribution in [0.15, 0.2) is 42.5 Å². The van der Waals surface area contributed by atoms with Gasteiger partial charge in [-0.15, -0.1) is 10.2 Å². The third-order valence-electron chi connectivity index (χ3n) is 4.03. The monoisotopic (exact) mass is 476 g/mol. The molecule has 0 bridgehead atoms. The third kappa shape index (κ3) is 3.87. The number of aromatic nitrogens is 2. The summed E-state index contributed by atoms with van der Waals surface area (Å²) in [5, 5.41) is 32.9. The number of rotatable bonds is 5. The predicted molar refractivity (Wildman–Crippen MR) is 112 cm³/mol. The topological polar surface area (TPSA) is 81.8 Å². The van der Waals surface area contributed by atoms with E-state index >= 15 is 0 Å². The molecule has 2 N–H and O–H groups in total. The van der Waals surface area contributed by atoms with Crippen molar-refractivity contribution < 1.29 is 5.11 Å². The highest BCUT2D eigenvalue weighted by atomic mass is 127. The minimum Gasteiger partial charge on any atom is -0.391 e. The first kappa shape index (κ1) is 18.8. The maximum absolute atomic E-state index is 10.3. The lowest BCUT2D eigenvalue weighted by molar-refractivity contribution is 0.172. The average Bonchev–Trinajstić information content (AvgIpc) is 3.13. The van der Waals surface area contributed by atoms with Crippen LogP contribution in [0, 0.1) is 21.8 Å². The van der Waals surface area contributed by atoms with Crippen molar-refractivity contribution in [2.45, 2.75) is 26.0 Å². The van der Waals surface area contributed by atoms with Crippen molar-refractivity contribution in [2.75, 3.05) is 5.32 Å². The first-order valence-electron chi connectivity index (χ1n) is 8.04. The van der Waals surface area contributed by atoms with Crippen LogP contribution in [0.25, 0.3) is 10.6 Å². The average molecular weight is 476 g/mol. The summed E-state index contributed by atoms with van der Waals surface area (Å²) in [6.45, 7) is 3.69. The molecule has 1 heterocycles. The molecular weight excluding hydrogens is 459 g/mol. The van der Waals surface area contributed by atoms with Gasteiger partial charge in [0.2, 0.25) is 0 Å². The second-order valence-corrected chi connectivity index (χ2v) is 7.97. The van der Waals surface area contributed by atoms with E-state index in [1.165, 1.54) is 11.3 Å². The number of nitrogens with one attached hydrogen (secondary N) is 1. The van der Waals surface area contributed by atoms with Crippen molar-refractivity contribution in [1.82, 2.24) is 10.2 Å². The van der Waals surface area contributed by atoms with Crippen LogP contribution < -0.4 is 5.32 Å².